The van der Waals surface area contributed by atoms with Gasteiger partial charge >= 0.3 is 0 Å². The quantitative estimate of drug-likeness (QED) is 0.628. The van der Waals surface area contributed by atoms with Crippen LogP contribution in [0.15, 0.2) is 0 Å². The van der Waals surface area contributed by atoms with Gasteiger partial charge in [-0.15, -0.1) is 0 Å². The summed E-state index contributed by atoms with van der Waals surface area (Å²) in [7, 11) is 0. The van der Waals surface area contributed by atoms with Crippen molar-refractivity contribution < 1.29 is 14.7 Å². The number of amides is 2. The molecule has 22 heavy (non-hydrogen) atoms. The van der Waals surface area contributed by atoms with Gasteiger partial charge in [-0.05, 0) is 31.6 Å². The summed E-state index contributed by atoms with van der Waals surface area (Å²) in [5.41, 5.74) is -0.797. The Kier molecular flexibility index (Phi) is 6.68. The summed E-state index contributed by atoms with van der Waals surface area (Å²) in [4.78, 5) is 23.6. The van der Waals surface area contributed by atoms with Crippen molar-refractivity contribution in [3.63, 3.8) is 0 Å². The molecule has 0 atom stereocenters. The molecular formula is C17H30N2O3. The molecule has 126 valence electrons. The van der Waals surface area contributed by atoms with Crippen LogP contribution in [0.5, 0.6) is 0 Å². The van der Waals surface area contributed by atoms with Crippen LogP contribution in [0.25, 0.3) is 0 Å². The minimum Gasteiger partial charge on any atom is -0.389 e. The topological polar surface area (TPSA) is 78.4 Å². The molecule has 5 heteroatoms. The van der Waals surface area contributed by atoms with Crippen molar-refractivity contribution in [1.82, 2.24) is 10.6 Å². The molecule has 0 heterocycles. The van der Waals surface area contributed by atoms with Gasteiger partial charge in [0.25, 0.3) is 0 Å². The number of carbonyl (C=O) groups is 2. The van der Waals surface area contributed by atoms with E-state index in [4.69, 9.17) is 0 Å². The maximum absolute atomic E-state index is 11.8. The van der Waals surface area contributed by atoms with Crippen LogP contribution >= 0.6 is 0 Å². The smallest absolute Gasteiger partial charge is 0.222 e. The lowest BCUT2D eigenvalue weighted by Crippen LogP contribution is -2.39. The van der Waals surface area contributed by atoms with Crippen molar-refractivity contribution in [1.29, 1.82) is 0 Å². The molecule has 0 aromatic rings. The van der Waals surface area contributed by atoms with Crippen LogP contribution < -0.4 is 10.6 Å². The lowest BCUT2D eigenvalue weighted by atomic mass is 9.87. The van der Waals surface area contributed by atoms with E-state index in [9.17, 15) is 14.7 Å². The summed E-state index contributed by atoms with van der Waals surface area (Å²) in [5.74, 6) is 0.515. The SMILES string of the molecule is O=C(CC1CCCCC1)NCCNC(=O)CC1(O)CCCC1. The van der Waals surface area contributed by atoms with Gasteiger partial charge in [0.15, 0.2) is 0 Å². The van der Waals surface area contributed by atoms with Gasteiger partial charge in [0.05, 0.1) is 12.0 Å². The minimum absolute atomic E-state index is 0.0931. The standard InChI is InChI=1S/C17H30N2O3/c20-15(12-14-6-2-1-3-7-14)18-10-11-19-16(21)13-17(22)8-4-5-9-17/h14,22H,1-13H2,(H,18,20)(H,19,21). The van der Waals surface area contributed by atoms with Crippen LogP contribution in [0.2, 0.25) is 0 Å². The molecule has 0 unspecified atom stereocenters. The van der Waals surface area contributed by atoms with E-state index in [2.05, 4.69) is 10.6 Å². The number of aliphatic hydroxyl groups is 1. The van der Waals surface area contributed by atoms with E-state index in [0.717, 1.165) is 25.7 Å². The van der Waals surface area contributed by atoms with Gasteiger partial charge in [-0.2, -0.15) is 0 Å². The molecule has 2 aliphatic carbocycles. The summed E-state index contributed by atoms with van der Waals surface area (Å²) >= 11 is 0. The zero-order valence-electron chi connectivity index (χ0n) is 13.5. The Morgan fingerprint density at radius 3 is 2.14 bits per heavy atom. The molecule has 0 bridgehead atoms. The molecule has 2 aliphatic rings. The minimum atomic E-state index is -0.797. The Morgan fingerprint density at radius 1 is 0.909 bits per heavy atom. The lowest BCUT2D eigenvalue weighted by Gasteiger charge is -2.21. The Morgan fingerprint density at radius 2 is 1.50 bits per heavy atom. The summed E-state index contributed by atoms with van der Waals surface area (Å²) in [6.45, 7) is 0.904. The molecule has 0 aliphatic heterocycles. The second kappa shape index (κ2) is 8.51. The highest BCUT2D eigenvalue weighted by atomic mass is 16.3. The molecular weight excluding hydrogens is 280 g/mol. The van der Waals surface area contributed by atoms with Gasteiger partial charge in [-0.25, -0.2) is 0 Å². The number of carbonyl (C=O) groups excluding carboxylic acids is 2. The number of hydrogen-bond donors (Lipinski definition) is 3. The molecule has 0 spiro atoms. The highest BCUT2D eigenvalue weighted by molar-refractivity contribution is 5.77. The second-order valence-corrected chi connectivity index (χ2v) is 7.02. The number of rotatable bonds is 7. The third-order valence-corrected chi connectivity index (χ3v) is 4.99. The fourth-order valence-electron chi connectivity index (χ4n) is 3.70. The van der Waals surface area contributed by atoms with Crippen LogP contribution in [0.4, 0.5) is 0 Å². The fourth-order valence-corrected chi connectivity index (χ4v) is 3.70. The lowest BCUT2D eigenvalue weighted by molar-refractivity contribution is -0.126. The monoisotopic (exact) mass is 310 g/mol. The van der Waals surface area contributed by atoms with E-state index in [1.165, 1.54) is 32.1 Å². The number of hydrogen-bond acceptors (Lipinski definition) is 3. The van der Waals surface area contributed by atoms with E-state index in [-0.39, 0.29) is 18.2 Å². The van der Waals surface area contributed by atoms with Crippen LogP contribution in [0.1, 0.15) is 70.6 Å². The van der Waals surface area contributed by atoms with Gasteiger partial charge in [-0.3, -0.25) is 9.59 Å². The first kappa shape index (κ1) is 17.3. The van der Waals surface area contributed by atoms with Crippen molar-refractivity contribution in [3.8, 4) is 0 Å². The number of nitrogens with one attached hydrogen (secondary N) is 2. The van der Waals surface area contributed by atoms with Gasteiger partial charge in [-0.1, -0.05) is 32.1 Å². The first-order valence-corrected chi connectivity index (χ1v) is 8.83. The first-order chi connectivity index (χ1) is 10.6. The fraction of sp³-hybridized carbons (Fsp3) is 0.882. The second-order valence-electron chi connectivity index (χ2n) is 7.02. The predicted molar refractivity (Wildman–Crippen MR) is 85.2 cm³/mol. The van der Waals surface area contributed by atoms with E-state index >= 15 is 0 Å². The van der Waals surface area contributed by atoms with Crippen molar-refractivity contribution in [2.45, 2.75) is 76.2 Å². The summed E-state index contributed by atoms with van der Waals surface area (Å²) in [6.07, 6.45) is 10.4. The average Bonchev–Trinajstić information content (AvgIpc) is 2.91. The zero-order chi connectivity index (χ0) is 15.8. The third-order valence-electron chi connectivity index (χ3n) is 4.99. The van der Waals surface area contributed by atoms with Gasteiger partial charge in [0.2, 0.25) is 11.8 Å². The van der Waals surface area contributed by atoms with Crippen molar-refractivity contribution in [2.24, 2.45) is 5.92 Å². The molecule has 2 amide bonds. The third kappa shape index (κ3) is 5.95. The summed E-state index contributed by atoms with van der Waals surface area (Å²) in [6, 6.07) is 0. The molecule has 2 rings (SSSR count). The van der Waals surface area contributed by atoms with Crippen molar-refractivity contribution in [3.05, 3.63) is 0 Å². The molecule has 3 N–H and O–H groups in total. The maximum Gasteiger partial charge on any atom is 0.222 e. The molecule has 2 saturated carbocycles. The van der Waals surface area contributed by atoms with Gasteiger partial charge in [0, 0.05) is 19.5 Å². The summed E-state index contributed by atoms with van der Waals surface area (Å²) < 4.78 is 0. The molecule has 5 nitrogen and oxygen atoms in total. The first-order valence-electron chi connectivity index (χ1n) is 8.83. The molecule has 0 radical (unpaired) electrons. The van der Waals surface area contributed by atoms with Crippen LogP contribution in [0.3, 0.4) is 0 Å². The largest absolute Gasteiger partial charge is 0.389 e. The maximum atomic E-state index is 11.8. The highest BCUT2D eigenvalue weighted by Crippen LogP contribution is 2.32. The van der Waals surface area contributed by atoms with E-state index in [1.807, 2.05) is 0 Å². The van der Waals surface area contributed by atoms with Gasteiger partial charge in [0.1, 0.15) is 0 Å². The predicted octanol–water partition coefficient (Wildman–Crippen LogP) is 1.88. The summed E-state index contributed by atoms with van der Waals surface area (Å²) in [5, 5.41) is 15.8. The molecule has 0 saturated heterocycles. The van der Waals surface area contributed by atoms with Crippen molar-refractivity contribution in [2.75, 3.05) is 13.1 Å². The average molecular weight is 310 g/mol. The van der Waals surface area contributed by atoms with Crippen LogP contribution in [0, 0.1) is 5.92 Å². The van der Waals surface area contributed by atoms with E-state index in [0.29, 0.717) is 25.4 Å². The molecule has 0 aromatic carbocycles. The Balaban J connectivity index is 1.52. The zero-order valence-corrected chi connectivity index (χ0v) is 13.5. The Hall–Kier alpha value is -1.10. The molecule has 2 fully saturated rings. The Bertz CT molecular complexity index is 372. The van der Waals surface area contributed by atoms with Crippen LogP contribution in [-0.4, -0.2) is 35.6 Å². The highest BCUT2D eigenvalue weighted by Gasteiger charge is 2.33. The van der Waals surface area contributed by atoms with Crippen molar-refractivity contribution >= 4 is 11.8 Å². The molecule has 0 aromatic heterocycles. The normalized spacial score (nSPS) is 21.5. The van der Waals surface area contributed by atoms with E-state index < -0.39 is 5.60 Å². The van der Waals surface area contributed by atoms with Crippen LogP contribution in [-0.2, 0) is 9.59 Å². The van der Waals surface area contributed by atoms with Gasteiger partial charge < -0.3 is 15.7 Å². The van der Waals surface area contributed by atoms with E-state index in [1.54, 1.807) is 0 Å². The Labute approximate surface area is 133 Å².